The zero-order valence-electron chi connectivity index (χ0n) is 8.16. The summed E-state index contributed by atoms with van der Waals surface area (Å²) in [6.45, 7) is 3.50. The van der Waals surface area contributed by atoms with Crippen LogP contribution in [0.2, 0.25) is 0 Å². The van der Waals surface area contributed by atoms with Gasteiger partial charge in [0.2, 0.25) is 0 Å². The number of carbonyl (C=O) groups excluding carboxylic acids is 1. The highest BCUT2D eigenvalue weighted by Crippen LogP contribution is 2.11. The average molecular weight is 198 g/mol. The second kappa shape index (κ2) is 4.10. The maximum absolute atomic E-state index is 11.4. The maximum atomic E-state index is 11.4. The van der Waals surface area contributed by atoms with Gasteiger partial charge in [0.25, 0.3) is 5.91 Å². The smallest absolute Gasteiger partial charge is 0.274 e. The first kappa shape index (κ1) is 10.5. The number of anilines is 1. The summed E-state index contributed by atoms with van der Waals surface area (Å²) in [5.41, 5.74) is 6.76. The Morgan fingerprint density at radius 3 is 2.86 bits per heavy atom. The van der Waals surface area contributed by atoms with Crippen molar-refractivity contribution < 1.29 is 9.90 Å². The Morgan fingerprint density at radius 2 is 2.43 bits per heavy atom. The number of hydrogen-bond donors (Lipinski definition) is 4. The van der Waals surface area contributed by atoms with Crippen molar-refractivity contribution in [3.63, 3.8) is 0 Å². The molecule has 0 bridgehead atoms. The van der Waals surface area contributed by atoms with E-state index in [9.17, 15) is 4.79 Å². The number of aromatic amines is 1. The lowest BCUT2D eigenvalue weighted by Gasteiger charge is -2.05. The quantitative estimate of drug-likeness (QED) is 0.521. The van der Waals surface area contributed by atoms with Crippen LogP contribution in [0.25, 0.3) is 0 Å². The summed E-state index contributed by atoms with van der Waals surface area (Å²) in [6.07, 6.45) is -0.583. The summed E-state index contributed by atoms with van der Waals surface area (Å²) in [4.78, 5) is 11.4. The molecule has 0 spiro atoms. The number of amides is 1. The fourth-order valence-corrected chi connectivity index (χ4v) is 0.935. The molecule has 6 nitrogen and oxygen atoms in total. The predicted octanol–water partition coefficient (Wildman–Crippen LogP) is -0.589. The van der Waals surface area contributed by atoms with Gasteiger partial charge in [-0.25, -0.2) is 0 Å². The first-order valence-corrected chi connectivity index (χ1v) is 4.29. The number of hydrogen-bond acceptors (Lipinski definition) is 4. The Bertz CT molecular complexity index is 332. The van der Waals surface area contributed by atoms with Crippen LogP contribution in [0, 0.1) is 6.92 Å². The fraction of sp³-hybridized carbons (Fsp3) is 0.500. The van der Waals surface area contributed by atoms with Crippen molar-refractivity contribution in [3.05, 3.63) is 11.4 Å². The second-order valence-electron chi connectivity index (χ2n) is 3.17. The lowest BCUT2D eigenvalue weighted by Crippen LogP contribution is -2.31. The Kier molecular flexibility index (Phi) is 3.08. The van der Waals surface area contributed by atoms with E-state index in [4.69, 9.17) is 10.8 Å². The molecule has 1 atom stereocenters. The minimum Gasteiger partial charge on any atom is -0.395 e. The molecule has 0 aliphatic carbocycles. The van der Waals surface area contributed by atoms with Crippen molar-refractivity contribution >= 4 is 11.6 Å². The number of carbonyl (C=O) groups is 1. The molecule has 14 heavy (non-hydrogen) atoms. The minimum atomic E-state index is -0.583. The van der Waals surface area contributed by atoms with E-state index in [2.05, 4.69) is 15.5 Å². The van der Waals surface area contributed by atoms with Crippen LogP contribution in [-0.2, 0) is 0 Å². The monoisotopic (exact) mass is 198 g/mol. The molecule has 0 aliphatic heterocycles. The van der Waals surface area contributed by atoms with Gasteiger partial charge in [-0.15, -0.1) is 0 Å². The molecule has 0 radical (unpaired) electrons. The summed E-state index contributed by atoms with van der Waals surface area (Å²) < 4.78 is 0. The van der Waals surface area contributed by atoms with Gasteiger partial charge in [0.15, 0.2) is 5.69 Å². The van der Waals surface area contributed by atoms with Crippen LogP contribution >= 0.6 is 0 Å². The number of aryl methyl sites for hydroxylation is 1. The summed E-state index contributed by atoms with van der Waals surface area (Å²) >= 11 is 0. The number of nitrogen functional groups attached to an aromatic ring is 1. The van der Waals surface area contributed by atoms with E-state index < -0.39 is 6.10 Å². The molecule has 0 fully saturated rings. The van der Waals surface area contributed by atoms with Crippen LogP contribution in [0.3, 0.4) is 0 Å². The van der Waals surface area contributed by atoms with Crippen molar-refractivity contribution in [3.8, 4) is 0 Å². The largest absolute Gasteiger partial charge is 0.395 e. The number of nitrogens with one attached hydrogen (secondary N) is 2. The third kappa shape index (κ3) is 2.23. The third-order valence-corrected chi connectivity index (χ3v) is 1.77. The fourth-order valence-electron chi connectivity index (χ4n) is 0.935. The van der Waals surface area contributed by atoms with Gasteiger partial charge in [-0.2, -0.15) is 5.10 Å². The Morgan fingerprint density at radius 1 is 1.79 bits per heavy atom. The molecule has 1 unspecified atom stereocenters. The molecule has 1 rings (SSSR count). The number of H-pyrrole nitrogens is 1. The van der Waals surface area contributed by atoms with Crippen LogP contribution in [-0.4, -0.2) is 33.9 Å². The lowest BCUT2D eigenvalue weighted by molar-refractivity contribution is 0.0920. The molecule has 0 saturated heterocycles. The summed E-state index contributed by atoms with van der Waals surface area (Å²) in [5, 5.41) is 17.8. The number of aliphatic hydroxyl groups is 1. The Labute approximate surface area is 81.5 Å². The molecule has 1 amide bonds. The van der Waals surface area contributed by atoms with Gasteiger partial charge in [-0.05, 0) is 13.8 Å². The number of aromatic nitrogens is 2. The van der Waals surface area contributed by atoms with E-state index in [1.165, 1.54) is 0 Å². The zero-order chi connectivity index (χ0) is 10.7. The van der Waals surface area contributed by atoms with Gasteiger partial charge in [-0.1, -0.05) is 0 Å². The molecule has 5 N–H and O–H groups in total. The Balaban J connectivity index is 2.66. The topological polar surface area (TPSA) is 104 Å². The van der Waals surface area contributed by atoms with Crippen LogP contribution in [0.1, 0.15) is 23.1 Å². The molecule has 0 saturated carbocycles. The van der Waals surface area contributed by atoms with Gasteiger partial charge < -0.3 is 16.2 Å². The van der Waals surface area contributed by atoms with Crippen LogP contribution < -0.4 is 11.1 Å². The van der Waals surface area contributed by atoms with E-state index in [1.54, 1.807) is 13.8 Å². The number of nitrogens with zero attached hydrogens (tertiary/aromatic N) is 1. The van der Waals surface area contributed by atoms with Gasteiger partial charge in [-0.3, -0.25) is 9.89 Å². The highest BCUT2D eigenvalue weighted by Gasteiger charge is 2.14. The van der Waals surface area contributed by atoms with Crippen molar-refractivity contribution in [2.45, 2.75) is 20.0 Å². The van der Waals surface area contributed by atoms with Gasteiger partial charge in [0.05, 0.1) is 17.5 Å². The van der Waals surface area contributed by atoms with Crippen molar-refractivity contribution in [2.75, 3.05) is 12.3 Å². The van der Waals surface area contributed by atoms with E-state index in [1.807, 2.05) is 0 Å². The standard InChI is InChI=1S/C8H14N4O2/c1-4(13)3-10-8(14)7-6(9)5(2)11-12-7/h4,13H,3,9H2,1-2H3,(H,10,14)(H,11,12). The third-order valence-electron chi connectivity index (χ3n) is 1.77. The van der Waals surface area contributed by atoms with Crippen molar-refractivity contribution in [1.29, 1.82) is 0 Å². The second-order valence-corrected chi connectivity index (χ2v) is 3.17. The van der Waals surface area contributed by atoms with Crippen LogP contribution in [0.5, 0.6) is 0 Å². The number of aliphatic hydroxyl groups excluding tert-OH is 1. The molecule has 1 heterocycles. The van der Waals surface area contributed by atoms with E-state index in [0.29, 0.717) is 11.4 Å². The lowest BCUT2D eigenvalue weighted by atomic mass is 10.3. The van der Waals surface area contributed by atoms with Gasteiger partial charge >= 0.3 is 0 Å². The normalized spacial score (nSPS) is 12.5. The first-order chi connectivity index (χ1) is 6.52. The molecular formula is C8H14N4O2. The SMILES string of the molecule is Cc1[nH]nc(C(=O)NCC(C)O)c1N. The molecule has 6 heteroatoms. The zero-order valence-corrected chi connectivity index (χ0v) is 8.16. The minimum absolute atomic E-state index is 0.170. The molecule has 78 valence electrons. The van der Waals surface area contributed by atoms with Crippen LogP contribution in [0.15, 0.2) is 0 Å². The summed E-state index contributed by atoms with van der Waals surface area (Å²) in [6, 6.07) is 0. The summed E-state index contributed by atoms with van der Waals surface area (Å²) in [5.74, 6) is -0.382. The summed E-state index contributed by atoms with van der Waals surface area (Å²) in [7, 11) is 0. The molecule has 1 aromatic rings. The number of nitrogens with two attached hydrogens (primary N) is 1. The predicted molar refractivity (Wildman–Crippen MR) is 51.8 cm³/mol. The Hall–Kier alpha value is -1.56. The highest BCUT2D eigenvalue weighted by molar-refractivity contribution is 5.97. The maximum Gasteiger partial charge on any atom is 0.274 e. The molecule has 1 aromatic heterocycles. The van der Waals surface area contributed by atoms with Gasteiger partial charge in [0, 0.05) is 6.54 Å². The average Bonchev–Trinajstić information content (AvgIpc) is 2.44. The van der Waals surface area contributed by atoms with Gasteiger partial charge in [0.1, 0.15) is 0 Å². The van der Waals surface area contributed by atoms with Crippen LogP contribution in [0.4, 0.5) is 5.69 Å². The molecular weight excluding hydrogens is 184 g/mol. The molecule has 0 aliphatic rings. The van der Waals surface area contributed by atoms with E-state index in [-0.39, 0.29) is 18.1 Å². The van der Waals surface area contributed by atoms with Crippen molar-refractivity contribution in [1.82, 2.24) is 15.5 Å². The van der Waals surface area contributed by atoms with Crippen molar-refractivity contribution in [2.24, 2.45) is 0 Å². The highest BCUT2D eigenvalue weighted by atomic mass is 16.3. The number of rotatable bonds is 3. The molecule has 0 aromatic carbocycles. The van der Waals surface area contributed by atoms with E-state index in [0.717, 1.165) is 0 Å². The van der Waals surface area contributed by atoms with E-state index >= 15 is 0 Å². The first-order valence-electron chi connectivity index (χ1n) is 4.29.